The Bertz CT molecular complexity index is 2260. The third-order valence-electron chi connectivity index (χ3n) is 8.31. The van der Waals surface area contributed by atoms with E-state index < -0.39 is 0 Å². The molecule has 2 aliphatic rings. The van der Waals surface area contributed by atoms with Crippen LogP contribution < -0.4 is 11.1 Å². The molecule has 2 aromatic carbocycles. The second-order valence-electron chi connectivity index (χ2n) is 11.7. The molecule has 0 atom stereocenters. The first kappa shape index (κ1) is 36.6. The topological polar surface area (TPSA) is 147 Å². The fraction of sp³-hybridized carbons (Fsp3) is 0.294. The third kappa shape index (κ3) is 8.64. The molecule has 2 saturated heterocycles. The van der Waals surface area contributed by atoms with Crippen LogP contribution >= 0.6 is 57.9 Å². The minimum Gasteiger partial charge on any atom is -0.342 e. The highest BCUT2D eigenvalue weighted by Crippen LogP contribution is 2.29. The number of benzene rings is 2. The predicted octanol–water partition coefficient (Wildman–Crippen LogP) is 6.34. The average Bonchev–Trinajstić information content (AvgIpc) is 3.98. The molecule has 17 heteroatoms. The molecule has 1 N–H and O–H groups in total. The van der Waals surface area contributed by atoms with Crippen LogP contribution in [0, 0.1) is 0 Å². The summed E-state index contributed by atoms with van der Waals surface area (Å²) < 4.78 is 10.0. The summed E-state index contributed by atoms with van der Waals surface area (Å²) in [5.41, 5.74) is 2.48. The van der Waals surface area contributed by atoms with Crippen molar-refractivity contribution in [3.8, 4) is 22.5 Å². The van der Waals surface area contributed by atoms with Crippen LogP contribution in [0.1, 0.15) is 25.7 Å². The predicted molar refractivity (Wildman–Crippen MR) is 203 cm³/mol. The fourth-order valence-corrected chi connectivity index (χ4v) is 7.58. The Labute approximate surface area is 315 Å². The van der Waals surface area contributed by atoms with Crippen molar-refractivity contribution < 1.29 is 9.59 Å². The number of aromatic amines is 1. The number of halogens is 3. The van der Waals surface area contributed by atoms with Gasteiger partial charge in [-0.3, -0.25) is 23.7 Å². The maximum Gasteiger partial charge on any atom is 0.264 e. The zero-order valence-corrected chi connectivity index (χ0v) is 31.0. The number of rotatable bonds is 5. The number of nitrogens with one attached hydrogen (secondary N) is 1. The lowest BCUT2D eigenvalue weighted by Crippen LogP contribution is -2.34. The van der Waals surface area contributed by atoms with Gasteiger partial charge < -0.3 is 14.8 Å². The van der Waals surface area contributed by atoms with Gasteiger partial charge in [0, 0.05) is 47.4 Å². The van der Waals surface area contributed by atoms with E-state index in [9.17, 15) is 19.2 Å². The molecule has 6 heterocycles. The molecule has 0 unspecified atom stereocenters. The summed E-state index contributed by atoms with van der Waals surface area (Å²) in [6, 6.07) is 14.4. The van der Waals surface area contributed by atoms with Gasteiger partial charge in [-0.15, -0.1) is 11.6 Å². The van der Waals surface area contributed by atoms with Crippen molar-refractivity contribution in [2.24, 2.45) is 0 Å². The number of aromatic nitrogens is 6. The molecule has 264 valence electrons. The van der Waals surface area contributed by atoms with Crippen LogP contribution in [-0.2, 0) is 16.1 Å². The molecule has 8 rings (SSSR count). The van der Waals surface area contributed by atoms with Crippen molar-refractivity contribution in [3.63, 3.8) is 0 Å². The van der Waals surface area contributed by atoms with Crippen molar-refractivity contribution in [2.45, 2.75) is 32.2 Å². The van der Waals surface area contributed by atoms with Gasteiger partial charge in [0.1, 0.15) is 23.2 Å². The highest BCUT2D eigenvalue weighted by atomic mass is 35.5. The molecular weight excluding hydrogens is 755 g/mol. The van der Waals surface area contributed by atoms with Gasteiger partial charge in [0.2, 0.25) is 11.8 Å². The minimum atomic E-state index is -0.240. The minimum absolute atomic E-state index is 0.0116. The molecule has 2 aliphatic heterocycles. The lowest BCUT2D eigenvalue weighted by Gasteiger charge is -2.15. The van der Waals surface area contributed by atoms with Gasteiger partial charge in [0.25, 0.3) is 11.1 Å². The summed E-state index contributed by atoms with van der Waals surface area (Å²) >= 11 is 19.5. The lowest BCUT2D eigenvalue weighted by atomic mass is 10.1. The van der Waals surface area contributed by atoms with Gasteiger partial charge in [-0.05, 0) is 73.0 Å². The molecule has 12 nitrogen and oxygen atoms in total. The van der Waals surface area contributed by atoms with Crippen LogP contribution in [0.25, 0.3) is 42.9 Å². The van der Waals surface area contributed by atoms with Gasteiger partial charge in [-0.25, -0.2) is 9.97 Å². The van der Waals surface area contributed by atoms with Crippen LogP contribution in [0.3, 0.4) is 0 Å². The first-order valence-electron chi connectivity index (χ1n) is 16.0. The number of nitrogens with zero attached hydrogens (tertiary/aromatic N) is 7. The van der Waals surface area contributed by atoms with E-state index >= 15 is 0 Å². The first-order chi connectivity index (χ1) is 24.7. The standard InChI is InChI=1S/C17H15ClN4O2S.C11H6ClN3OS.C6H10ClNO/c18-12-5-3-11(4-6-12)15-14-16(25-20-15)19-10-22(17(14)24)9-13(23)21-7-1-2-8-21;12-7-3-1-6(2-4-7)9-8-10(16)13-5-14-11(8)17-15-9;7-5-6(9)8-3-1-2-4-8/h3-6,10H,1-2,7-9H2;1-5H,(H,13,14,16);1-5H2. The van der Waals surface area contributed by atoms with E-state index in [1.54, 1.807) is 29.2 Å². The number of amides is 2. The van der Waals surface area contributed by atoms with Crippen molar-refractivity contribution in [1.29, 1.82) is 0 Å². The molecule has 0 radical (unpaired) electrons. The monoisotopic (exact) mass is 784 g/mol. The van der Waals surface area contributed by atoms with Crippen LogP contribution in [-0.4, -0.2) is 81.9 Å². The average molecular weight is 786 g/mol. The van der Waals surface area contributed by atoms with Gasteiger partial charge in [-0.2, -0.15) is 8.75 Å². The SMILES string of the molecule is O=C(CCl)N1CCCC1.O=C(Cn1cnc2snc(-c3ccc(Cl)cc3)c2c1=O)N1CCCC1.O=c1[nH]cnc2snc(-c3ccc(Cl)cc3)c12. The number of hydrogen-bond acceptors (Lipinski definition) is 10. The normalized spacial score (nSPS) is 13.9. The van der Waals surface area contributed by atoms with Gasteiger partial charge in [-0.1, -0.05) is 47.5 Å². The molecule has 0 aliphatic carbocycles. The molecule has 0 spiro atoms. The zero-order valence-electron chi connectivity index (χ0n) is 27.1. The maximum atomic E-state index is 12.9. The van der Waals surface area contributed by atoms with Crippen LogP contribution in [0.15, 0.2) is 70.8 Å². The smallest absolute Gasteiger partial charge is 0.264 e. The molecule has 0 bridgehead atoms. The molecule has 0 saturated carbocycles. The number of carbonyl (C=O) groups excluding carboxylic acids is 2. The number of fused-ring (bicyclic) bond motifs is 2. The van der Waals surface area contributed by atoms with E-state index in [0.717, 1.165) is 63.0 Å². The lowest BCUT2D eigenvalue weighted by molar-refractivity contribution is -0.131. The summed E-state index contributed by atoms with van der Waals surface area (Å²) in [5.74, 6) is 0.172. The quantitative estimate of drug-likeness (QED) is 0.199. The molecule has 6 aromatic rings. The van der Waals surface area contributed by atoms with Crippen LogP contribution in [0.2, 0.25) is 10.0 Å². The van der Waals surface area contributed by atoms with Crippen LogP contribution in [0.4, 0.5) is 0 Å². The van der Waals surface area contributed by atoms with Gasteiger partial charge in [0.05, 0.1) is 24.0 Å². The van der Waals surface area contributed by atoms with E-state index in [4.69, 9.17) is 34.8 Å². The number of likely N-dealkylation sites (tertiary alicyclic amines) is 2. The number of alkyl halides is 1. The Morgan fingerprint density at radius 1 is 0.706 bits per heavy atom. The molecule has 2 amide bonds. The maximum absolute atomic E-state index is 12.9. The van der Waals surface area contributed by atoms with Crippen molar-refractivity contribution in [3.05, 3.63) is 91.9 Å². The molecule has 2 fully saturated rings. The van der Waals surface area contributed by atoms with E-state index in [2.05, 4.69) is 23.7 Å². The molecule has 51 heavy (non-hydrogen) atoms. The summed E-state index contributed by atoms with van der Waals surface area (Å²) in [6.07, 6.45) is 7.14. The van der Waals surface area contributed by atoms with E-state index in [1.165, 1.54) is 40.3 Å². The Hall–Kier alpha value is -4.21. The van der Waals surface area contributed by atoms with Crippen LogP contribution in [0.5, 0.6) is 0 Å². The second kappa shape index (κ2) is 16.9. The summed E-state index contributed by atoms with van der Waals surface area (Å²) in [7, 11) is 0. The Morgan fingerprint density at radius 3 is 1.73 bits per heavy atom. The summed E-state index contributed by atoms with van der Waals surface area (Å²) in [6.45, 7) is 3.35. The fourth-order valence-electron chi connectivity index (χ4n) is 5.66. The van der Waals surface area contributed by atoms with E-state index in [-0.39, 0.29) is 35.4 Å². The largest absolute Gasteiger partial charge is 0.342 e. The zero-order chi connectivity index (χ0) is 35.9. The number of H-pyrrole nitrogens is 1. The van der Waals surface area contributed by atoms with E-state index in [0.29, 0.717) is 41.9 Å². The summed E-state index contributed by atoms with van der Waals surface area (Å²) in [5, 5.41) is 2.25. The highest BCUT2D eigenvalue weighted by molar-refractivity contribution is 7.13. The molecular formula is C34H31Cl3N8O4S2. The Balaban J connectivity index is 0.000000148. The third-order valence-corrected chi connectivity index (χ3v) is 10.6. The van der Waals surface area contributed by atoms with Gasteiger partial charge in [0.15, 0.2) is 9.66 Å². The van der Waals surface area contributed by atoms with Crippen molar-refractivity contribution in [1.82, 2.24) is 38.1 Å². The molecule has 4 aromatic heterocycles. The first-order valence-corrected chi connectivity index (χ1v) is 18.9. The van der Waals surface area contributed by atoms with Crippen molar-refractivity contribution in [2.75, 3.05) is 32.1 Å². The Kier molecular flexibility index (Phi) is 12.1. The highest BCUT2D eigenvalue weighted by Gasteiger charge is 2.21. The van der Waals surface area contributed by atoms with E-state index in [1.807, 2.05) is 29.2 Å². The van der Waals surface area contributed by atoms with Crippen molar-refractivity contribution >= 4 is 90.1 Å². The number of hydrogen-bond donors (Lipinski definition) is 1. The summed E-state index contributed by atoms with van der Waals surface area (Å²) in [4.78, 5) is 63.5. The Morgan fingerprint density at radius 2 is 1.20 bits per heavy atom. The number of carbonyl (C=O) groups is 2. The van der Waals surface area contributed by atoms with Gasteiger partial charge >= 0.3 is 0 Å². The second-order valence-corrected chi connectivity index (χ2v) is 14.3.